The first-order valence-corrected chi connectivity index (χ1v) is 8.63. The highest BCUT2D eigenvalue weighted by Crippen LogP contribution is 2.27. The molecule has 1 atom stereocenters. The first-order chi connectivity index (χ1) is 9.69. The highest BCUT2D eigenvalue weighted by molar-refractivity contribution is 9.10. The molecule has 0 bridgehead atoms. The molecule has 0 saturated heterocycles. The summed E-state index contributed by atoms with van der Waals surface area (Å²) in [5, 5.41) is 4.21. The van der Waals surface area contributed by atoms with Crippen molar-refractivity contribution in [2.75, 3.05) is 12.8 Å². The molecule has 0 heterocycles. The van der Waals surface area contributed by atoms with Gasteiger partial charge in [-0.3, -0.25) is 0 Å². The molecule has 0 fully saturated rings. The summed E-state index contributed by atoms with van der Waals surface area (Å²) in [5.41, 5.74) is 1.34. The monoisotopic (exact) mass is 369 g/mol. The Morgan fingerprint density at radius 2 is 1.85 bits per heavy atom. The van der Waals surface area contributed by atoms with Crippen LogP contribution in [-0.2, 0) is 6.42 Å². The van der Waals surface area contributed by atoms with Crippen LogP contribution in [0.3, 0.4) is 0 Å². The van der Waals surface area contributed by atoms with E-state index < -0.39 is 0 Å². The van der Waals surface area contributed by atoms with Crippen LogP contribution in [0.1, 0.15) is 5.56 Å². The molecule has 106 valence electrons. The third-order valence-electron chi connectivity index (χ3n) is 3.08. The second-order valence-electron chi connectivity index (χ2n) is 4.56. The van der Waals surface area contributed by atoms with Gasteiger partial charge in [0.05, 0.1) is 5.02 Å². The number of rotatable bonds is 6. The Morgan fingerprint density at radius 3 is 2.50 bits per heavy atom. The summed E-state index contributed by atoms with van der Waals surface area (Å²) in [4.78, 5) is 1.14. The molecule has 2 aromatic rings. The predicted molar refractivity (Wildman–Crippen MR) is 92.9 cm³/mol. The van der Waals surface area contributed by atoms with E-state index in [0.29, 0.717) is 6.04 Å². The molecule has 4 heteroatoms. The first kappa shape index (κ1) is 15.9. The predicted octanol–water partition coefficient (Wildman–Crippen LogP) is 5.03. The summed E-state index contributed by atoms with van der Waals surface area (Å²) in [6.45, 7) is 0. The van der Waals surface area contributed by atoms with Crippen molar-refractivity contribution in [2.45, 2.75) is 17.4 Å². The van der Waals surface area contributed by atoms with Gasteiger partial charge in [0, 0.05) is 21.2 Å². The number of halogens is 2. The second kappa shape index (κ2) is 8.08. The fourth-order valence-electron chi connectivity index (χ4n) is 1.90. The van der Waals surface area contributed by atoms with Crippen molar-refractivity contribution < 1.29 is 0 Å². The van der Waals surface area contributed by atoms with Crippen molar-refractivity contribution in [3.63, 3.8) is 0 Å². The van der Waals surface area contributed by atoms with Crippen LogP contribution in [0.4, 0.5) is 0 Å². The molecule has 1 N–H and O–H groups in total. The van der Waals surface area contributed by atoms with Gasteiger partial charge in [-0.15, -0.1) is 11.8 Å². The van der Waals surface area contributed by atoms with Gasteiger partial charge in [-0.1, -0.05) is 51.8 Å². The fraction of sp³-hybridized carbons (Fsp3) is 0.250. The summed E-state index contributed by atoms with van der Waals surface area (Å²) >= 11 is 11.4. The van der Waals surface area contributed by atoms with Crippen molar-refractivity contribution in [3.05, 3.63) is 63.6 Å². The van der Waals surface area contributed by atoms with E-state index in [4.69, 9.17) is 11.6 Å². The average Bonchev–Trinajstić information content (AvgIpc) is 2.47. The molecule has 1 nitrogen and oxygen atoms in total. The lowest BCUT2D eigenvalue weighted by Crippen LogP contribution is -2.30. The molecule has 0 aliphatic heterocycles. The zero-order valence-electron chi connectivity index (χ0n) is 11.3. The van der Waals surface area contributed by atoms with Crippen LogP contribution in [0.15, 0.2) is 57.9 Å². The van der Waals surface area contributed by atoms with Crippen LogP contribution in [-0.4, -0.2) is 18.8 Å². The Labute approximate surface area is 138 Å². The summed E-state index contributed by atoms with van der Waals surface area (Å²) in [5.74, 6) is 0.996. The molecule has 20 heavy (non-hydrogen) atoms. The van der Waals surface area contributed by atoms with Crippen LogP contribution in [0.2, 0.25) is 5.02 Å². The Bertz CT molecular complexity index is 544. The lowest BCUT2D eigenvalue weighted by Gasteiger charge is -2.16. The maximum atomic E-state index is 6.18. The maximum Gasteiger partial charge on any atom is 0.0541 e. The van der Waals surface area contributed by atoms with E-state index in [9.17, 15) is 0 Å². The molecular weight excluding hydrogens is 354 g/mol. The lowest BCUT2D eigenvalue weighted by atomic mass is 10.1. The molecule has 0 amide bonds. The smallest absolute Gasteiger partial charge is 0.0541 e. The van der Waals surface area contributed by atoms with Gasteiger partial charge in [0.25, 0.3) is 0 Å². The summed E-state index contributed by atoms with van der Waals surface area (Å²) in [6.07, 6.45) is 1.02. The quantitative estimate of drug-likeness (QED) is 0.716. The molecular formula is C16H17BrClNS. The molecule has 0 aliphatic rings. The van der Waals surface area contributed by atoms with E-state index in [1.807, 2.05) is 25.2 Å². The highest BCUT2D eigenvalue weighted by Gasteiger charge is 2.09. The van der Waals surface area contributed by atoms with Crippen molar-refractivity contribution in [1.82, 2.24) is 5.32 Å². The van der Waals surface area contributed by atoms with Crippen molar-refractivity contribution in [1.29, 1.82) is 0 Å². The van der Waals surface area contributed by atoms with Gasteiger partial charge >= 0.3 is 0 Å². The molecule has 0 spiro atoms. The van der Waals surface area contributed by atoms with E-state index in [-0.39, 0.29) is 0 Å². The molecule has 2 rings (SSSR count). The molecule has 2 aromatic carbocycles. The lowest BCUT2D eigenvalue weighted by molar-refractivity contribution is 0.617. The zero-order chi connectivity index (χ0) is 14.4. The van der Waals surface area contributed by atoms with Crippen LogP contribution >= 0.6 is 39.3 Å². The molecule has 0 aliphatic carbocycles. The van der Waals surface area contributed by atoms with E-state index in [1.54, 1.807) is 11.8 Å². The van der Waals surface area contributed by atoms with Crippen molar-refractivity contribution in [3.8, 4) is 0 Å². The third kappa shape index (κ3) is 4.81. The number of likely N-dealkylation sites (N-methyl/N-ethyl adjacent to an activating group) is 1. The minimum Gasteiger partial charge on any atom is -0.316 e. The largest absolute Gasteiger partial charge is 0.316 e. The topological polar surface area (TPSA) is 12.0 Å². The summed E-state index contributed by atoms with van der Waals surface area (Å²) < 4.78 is 1.12. The van der Waals surface area contributed by atoms with Gasteiger partial charge in [0.15, 0.2) is 0 Å². The SMILES string of the molecule is CNC(CSc1ccccc1Cl)Cc1ccc(Br)cc1. The molecule has 0 aromatic heterocycles. The van der Waals surface area contributed by atoms with Crippen LogP contribution in [0.5, 0.6) is 0 Å². The maximum absolute atomic E-state index is 6.18. The van der Waals surface area contributed by atoms with Crippen LogP contribution in [0.25, 0.3) is 0 Å². The molecule has 0 saturated carbocycles. The second-order valence-corrected chi connectivity index (χ2v) is 6.94. The van der Waals surface area contributed by atoms with E-state index >= 15 is 0 Å². The Morgan fingerprint density at radius 1 is 1.15 bits per heavy atom. The van der Waals surface area contributed by atoms with Crippen LogP contribution in [0, 0.1) is 0 Å². The number of thioether (sulfide) groups is 1. The van der Waals surface area contributed by atoms with E-state index in [0.717, 1.165) is 26.6 Å². The minimum atomic E-state index is 0.428. The number of benzene rings is 2. The standard InChI is InChI=1S/C16H17BrClNS/c1-19-14(10-12-6-8-13(17)9-7-12)11-20-16-5-3-2-4-15(16)18/h2-9,14,19H,10-11H2,1H3. The fourth-order valence-corrected chi connectivity index (χ4v) is 3.51. The highest BCUT2D eigenvalue weighted by atomic mass is 79.9. The molecule has 1 unspecified atom stereocenters. The zero-order valence-corrected chi connectivity index (χ0v) is 14.4. The Balaban J connectivity index is 1.92. The first-order valence-electron chi connectivity index (χ1n) is 6.48. The normalized spacial score (nSPS) is 12.3. The van der Waals surface area contributed by atoms with Gasteiger partial charge in [0.2, 0.25) is 0 Å². The summed E-state index contributed by atoms with van der Waals surface area (Å²) in [7, 11) is 2.01. The number of hydrogen-bond acceptors (Lipinski definition) is 2. The van der Waals surface area contributed by atoms with Gasteiger partial charge in [-0.25, -0.2) is 0 Å². The Hall–Kier alpha value is -0.480. The number of hydrogen-bond donors (Lipinski definition) is 1. The van der Waals surface area contributed by atoms with Gasteiger partial charge in [-0.2, -0.15) is 0 Å². The molecule has 0 radical (unpaired) electrons. The number of nitrogens with one attached hydrogen (secondary N) is 1. The van der Waals surface area contributed by atoms with Gasteiger partial charge < -0.3 is 5.32 Å². The summed E-state index contributed by atoms with van der Waals surface area (Å²) in [6, 6.07) is 16.9. The van der Waals surface area contributed by atoms with E-state index in [2.05, 4.69) is 51.6 Å². The van der Waals surface area contributed by atoms with Crippen molar-refractivity contribution in [2.24, 2.45) is 0 Å². The Kier molecular flexibility index (Phi) is 6.43. The average molecular weight is 371 g/mol. The third-order valence-corrected chi connectivity index (χ3v) is 5.29. The van der Waals surface area contributed by atoms with Gasteiger partial charge in [-0.05, 0) is 43.3 Å². The van der Waals surface area contributed by atoms with Gasteiger partial charge in [0.1, 0.15) is 0 Å². The van der Waals surface area contributed by atoms with Crippen LogP contribution < -0.4 is 5.32 Å². The van der Waals surface area contributed by atoms with Crippen molar-refractivity contribution >= 4 is 39.3 Å². The van der Waals surface area contributed by atoms with E-state index in [1.165, 1.54) is 5.56 Å². The minimum absolute atomic E-state index is 0.428.